The van der Waals surface area contributed by atoms with Crippen molar-refractivity contribution >= 4 is 5.91 Å². The third-order valence-electron chi connectivity index (χ3n) is 2.11. The summed E-state index contributed by atoms with van der Waals surface area (Å²) in [7, 11) is 1.85. The largest absolute Gasteiger partial charge is 0.394 e. The highest BCUT2D eigenvalue weighted by atomic mass is 16.3. The van der Waals surface area contributed by atoms with Gasteiger partial charge in [-0.1, -0.05) is 0 Å². The predicted molar refractivity (Wildman–Crippen MR) is 45.7 cm³/mol. The molecule has 1 aliphatic heterocycles. The number of rotatable bonds is 1. The first-order chi connectivity index (χ1) is 5.46. The van der Waals surface area contributed by atoms with Crippen LogP contribution in [0, 0.1) is 0 Å². The van der Waals surface area contributed by atoms with Gasteiger partial charge in [0.25, 0.3) is 0 Å². The van der Waals surface area contributed by atoms with Crippen molar-refractivity contribution < 1.29 is 9.90 Å². The first-order valence-electron chi connectivity index (χ1n) is 4.09. The summed E-state index contributed by atoms with van der Waals surface area (Å²) in [4.78, 5) is 13.2. The number of carbonyl (C=O) groups excluding carboxylic acids is 1. The van der Waals surface area contributed by atoms with E-state index >= 15 is 0 Å². The second-order valence-corrected chi connectivity index (χ2v) is 3.99. The molecule has 4 heteroatoms. The maximum Gasteiger partial charge on any atom is 0.240 e. The minimum atomic E-state index is -0.377. The molecular weight excluding hydrogens is 156 g/mol. The Balaban J connectivity index is 2.70. The van der Waals surface area contributed by atoms with E-state index in [-0.39, 0.29) is 24.1 Å². The van der Waals surface area contributed by atoms with E-state index in [4.69, 9.17) is 5.11 Å². The molecule has 1 saturated heterocycles. The minimum absolute atomic E-state index is 0.0868. The number of likely N-dealkylation sites (N-methyl/N-ethyl adjacent to an activating group) is 1. The van der Waals surface area contributed by atoms with Crippen LogP contribution in [0.1, 0.15) is 13.8 Å². The molecule has 1 unspecified atom stereocenters. The van der Waals surface area contributed by atoms with E-state index in [0.717, 1.165) is 6.54 Å². The fourth-order valence-corrected chi connectivity index (χ4v) is 1.61. The fourth-order valence-electron chi connectivity index (χ4n) is 1.61. The fraction of sp³-hybridized carbons (Fsp3) is 0.875. The molecule has 2 N–H and O–H groups in total. The van der Waals surface area contributed by atoms with Crippen LogP contribution in [-0.4, -0.2) is 47.7 Å². The molecule has 0 spiro atoms. The average molecular weight is 172 g/mol. The lowest BCUT2D eigenvalue weighted by molar-refractivity contribution is -0.133. The Morgan fingerprint density at radius 3 is 2.75 bits per heavy atom. The van der Waals surface area contributed by atoms with E-state index in [1.165, 1.54) is 0 Å². The van der Waals surface area contributed by atoms with Gasteiger partial charge in [-0.3, -0.25) is 9.69 Å². The van der Waals surface area contributed by atoms with Crippen molar-refractivity contribution in [1.29, 1.82) is 0 Å². The third-order valence-corrected chi connectivity index (χ3v) is 2.11. The zero-order valence-corrected chi connectivity index (χ0v) is 7.79. The highest BCUT2D eigenvalue weighted by Gasteiger charge is 2.35. The van der Waals surface area contributed by atoms with E-state index in [9.17, 15) is 4.79 Å². The number of hydrogen-bond donors (Lipinski definition) is 2. The van der Waals surface area contributed by atoms with Crippen LogP contribution in [0.5, 0.6) is 0 Å². The van der Waals surface area contributed by atoms with Crippen molar-refractivity contribution in [2.75, 3.05) is 20.2 Å². The summed E-state index contributed by atoms with van der Waals surface area (Å²) in [5, 5.41) is 11.7. The SMILES string of the molecule is CN1CC(C)(C)NC(=O)C1CO. The van der Waals surface area contributed by atoms with Gasteiger partial charge in [-0.2, -0.15) is 0 Å². The van der Waals surface area contributed by atoms with E-state index < -0.39 is 0 Å². The van der Waals surface area contributed by atoms with Gasteiger partial charge in [0, 0.05) is 12.1 Å². The first kappa shape index (κ1) is 9.48. The van der Waals surface area contributed by atoms with Crippen molar-refractivity contribution in [3.63, 3.8) is 0 Å². The van der Waals surface area contributed by atoms with Crippen molar-refractivity contribution in [3.8, 4) is 0 Å². The van der Waals surface area contributed by atoms with Gasteiger partial charge >= 0.3 is 0 Å². The van der Waals surface area contributed by atoms with Gasteiger partial charge < -0.3 is 10.4 Å². The molecule has 12 heavy (non-hydrogen) atoms. The predicted octanol–water partition coefficient (Wildman–Crippen LogP) is -0.812. The van der Waals surface area contributed by atoms with Crippen LogP contribution in [0.25, 0.3) is 0 Å². The number of amides is 1. The molecule has 0 aliphatic carbocycles. The molecule has 0 aromatic heterocycles. The van der Waals surface area contributed by atoms with Gasteiger partial charge in [0.1, 0.15) is 6.04 Å². The molecule has 0 aromatic carbocycles. The van der Waals surface area contributed by atoms with Crippen LogP contribution in [0.2, 0.25) is 0 Å². The Kier molecular flexibility index (Phi) is 2.39. The minimum Gasteiger partial charge on any atom is -0.394 e. The van der Waals surface area contributed by atoms with Crippen molar-refractivity contribution in [1.82, 2.24) is 10.2 Å². The highest BCUT2D eigenvalue weighted by molar-refractivity contribution is 5.83. The maximum atomic E-state index is 11.3. The molecule has 0 saturated carbocycles. The molecule has 0 aromatic rings. The van der Waals surface area contributed by atoms with Crippen molar-refractivity contribution in [2.45, 2.75) is 25.4 Å². The molecule has 0 bridgehead atoms. The summed E-state index contributed by atoms with van der Waals surface area (Å²) in [6, 6.07) is -0.377. The molecule has 1 rings (SSSR count). The Bertz CT molecular complexity index is 191. The Morgan fingerprint density at radius 2 is 2.33 bits per heavy atom. The average Bonchev–Trinajstić information content (AvgIpc) is 1.82. The number of aliphatic hydroxyl groups is 1. The van der Waals surface area contributed by atoms with Gasteiger partial charge in [-0.05, 0) is 20.9 Å². The summed E-state index contributed by atoms with van der Waals surface area (Å²) in [5.41, 5.74) is -0.183. The Morgan fingerprint density at radius 1 is 1.75 bits per heavy atom. The lowest BCUT2D eigenvalue weighted by Crippen LogP contribution is -2.64. The lowest BCUT2D eigenvalue weighted by atomic mass is 9.99. The normalized spacial score (nSPS) is 30.0. The molecule has 4 nitrogen and oxygen atoms in total. The van der Waals surface area contributed by atoms with Crippen molar-refractivity contribution in [2.24, 2.45) is 0 Å². The van der Waals surface area contributed by atoms with Gasteiger partial charge in [0.05, 0.1) is 6.61 Å². The van der Waals surface area contributed by atoms with E-state index in [1.807, 2.05) is 25.8 Å². The Labute approximate surface area is 72.6 Å². The van der Waals surface area contributed by atoms with Crippen molar-refractivity contribution in [3.05, 3.63) is 0 Å². The molecule has 1 atom stereocenters. The molecule has 1 fully saturated rings. The second-order valence-electron chi connectivity index (χ2n) is 3.99. The number of nitrogens with zero attached hydrogens (tertiary/aromatic N) is 1. The second kappa shape index (κ2) is 3.03. The van der Waals surface area contributed by atoms with Gasteiger partial charge in [0.15, 0.2) is 0 Å². The number of piperazine rings is 1. The number of aliphatic hydroxyl groups excluding tert-OH is 1. The zero-order valence-electron chi connectivity index (χ0n) is 7.79. The van der Waals surface area contributed by atoms with Gasteiger partial charge in [-0.25, -0.2) is 0 Å². The summed E-state index contributed by atoms with van der Waals surface area (Å²) < 4.78 is 0. The number of carbonyl (C=O) groups is 1. The summed E-state index contributed by atoms with van der Waals surface area (Å²) in [6.07, 6.45) is 0. The van der Waals surface area contributed by atoms with Crippen LogP contribution in [-0.2, 0) is 4.79 Å². The molecule has 1 aliphatic rings. The first-order valence-corrected chi connectivity index (χ1v) is 4.09. The summed E-state index contributed by atoms with van der Waals surface area (Å²) in [5.74, 6) is -0.0868. The highest BCUT2D eigenvalue weighted by Crippen LogP contribution is 2.13. The zero-order chi connectivity index (χ0) is 9.35. The topological polar surface area (TPSA) is 52.6 Å². The smallest absolute Gasteiger partial charge is 0.240 e. The summed E-state index contributed by atoms with van der Waals surface area (Å²) in [6.45, 7) is 4.59. The standard InChI is InChI=1S/C8H16N2O2/c1-8(2)5-10(3)6(4-11)7(12)9-8/h6,11H,4-5H2,1-3H3,(H,9,12). The lowest BCUT2D eigenvalue weighted by Gasteiger charge is -2.41. The molecule has 1 amide bonds. The number of nitrogens with one attached hydrogen (secondary N) is 1. The van der Waals surface area contributed by atoms with Crippen LogP contribution < -0.4 is 5.32 Å². The van der Waals surface area contributed by atoms with Crippen LogP contribution in [0.15, 0.2) is 0 Å². The van der Waals surface area contributed by atoms with Crippen LogP contribution in [0.3, 0.4) is 0 Å². The molecular formula is C8H16N2O2. The number of hydrogen-bond acceptors (Lipinski definition) is 3. The maximum absolute atomic E-state index is 11.3. The van der Waals surface area contributed by atoms with Gasteiger partial charge in [0.2, 0.25) is 5.91 Å². The van der Waals surface area contributed by atoms with E-state index in [2.05, 4.69) is 5.32 Å². The van der Waals surface area contributed by atoms with E-state index in [1.54, 1.807) is 0 Å². The Hall–Kier alpha value is -0.610. The monoisotopic (exact) mass is 172 g/mol. The third kappa shape index (κ3) is 1.76. The van der Waals surface area contributed by atoms with Gasteiger partial charge in [-0.15, -0.1) is 0 Å². The summed E-state index contributed by atoms with van der Waals surface area (Å²) >= 11 is 0. The molecule has 1 heterocycles. The van der Waals surface area contributed by atoms with Crippen LogP contribution in [0.4, 0.5) is 0 Å². The van der Waals surface area contributed by atoms with Crippen LogP contribution >= 0.6 is 0 Å². The molecule has 0 radical (unpaired) electrons. The molecule has 70 valence electrons. The quantitative estimate of drug-likeness (QED) is 0.544. The van der Waals surface area contributed by atoms with E-state index in [0.29, 0.717) is 0 Å².